The molecule has 0 spiro atoms. The summed E-state index contributed by atoms with van der Waals surface area (Å²) in [4.78, 5) is 30.5. The zero-order chi connectivity index (χ0) is 32.7. The molecule has 12 heteroatoms. The highest BCUT2D eigenvalue weighted by molar-refractivity contribution is 7.15. The molecule has 1 saturated heterocycles. The molecular weight excluding hydrogens is 646 g/mol. The molecule has 0 bridgehead atoms. The van der Waals surface area contributed by atoms with Crippen LogP contribution in [-0.4, -0.2) is 69.6 Å². The molecule has 244 valence electrons. The molecule has 0 aliphatic carbocycles. The van der Waals surface area contributed by atoms with Crippen LogP contribution in [0.15, 0.2) is 96.6 Å². The van der Waals surface area contributed by atoms with Crippen LogP contribution < -0.4 is 15.4 Å². The lowest BCUT2D eigenvalue weighted by atomic mass is 10.1. The van der Waals surface area contributed by atoms with Gasteiger partial charge >= 0.3 is 0 Å². The minimum atomic E-state index is -0.153. The number of amides is 1. The standard InChI is InChI=1S/C36H34ClN7O3S/c37-30-11-2-1-6-25(30)23-32(45)39-27-8-3-7-26(22-27)33-34(44-17-21-48-36(44)42-33)31-12-13-38-35(41-31)40-28-9-4-10-29(24-28)47-18-5-14-43-15-19-46-20-16-43/h1-4,6-13,17,21-22,24H,5,14-16,18-20,23H2,(H,39,45)(H,38,40,41). The highest BCUT2D eigenvalue weighted by Gasteiger charge is 2.19. The fraction of sp³-hybridized carbons (Fsp3) is 0.222. The van der Waals surface area contributed by atoms with Crippen molar-refractivity contribution in [2.75, 3.05) is 50.1 Å². The molecule has 1 aliphatic heterocycles. The van der Waals surface area contributed by atoms with Gasteiger partial charge in [0.1, 0.15) is 11.4 Å². The van der Waals surface area contributed by atoms with Crippen LogP contribution >= 0.6 is 22.9 Å². The number of hydrogen-bond acceptors (Lipinski definition) is 9. The molecule has 1 aliphatic rings. The Hall–Kier alpha value is -4.81. The van der Waals surface area contributed by atoms with Crippen molar-refractivity contribution in [3.63, 3.8) is 0 Å². The second kappa shape index (κ2) is 15.0. The summed E-state index contributed by atoms with van der Waals surface area (Å²) < 4.78 is 13.5. The van der Waals surface area contributed by atoms with Crippen molar-refractivity contribution < 1.29 is 14.3 Å². The van der Waals surface area contributed by atoms with Crippen LogP contribution in [0.4, 0.5) is 17.3 Å². The number of imidazole rings is 1. The third kappa shape index (κ3) is 7.66. The lowest BCUT2D eigenvalue weighted by Crippen LogP contribution is -2.37. The number of nitrogens with zero attached hydrogens (tertiary/aromatic N) is 5. The first-order valence-electron chi connectivity index (χ1n) is 15.8. The maximum absolute atomic E-state index is 12.9. The molecule has 6 aromatic rings. The first-order chi connectivity index (χ1) is 23.6. The number of benzene rings is 3. The SMILES string of the molecule is O=C(Cc1ccccc1Cl)Nc1cccc(-c2nc3sccn3c2-c2ccnc(Nc3cccc(OCCCN4CCOCC4)c3)n2)c1. The van der Waals surface area contributed by atoms with E-state index in [0.717, 1.165) is 78.2 Å². The smallest absolute Gasteiger partial charge is 0.228 e. The van der Waals surface area contributed by atoms with Gasteiger partial charge < -0.3 is 20.1 Å². The lowest BCUT2D eigenvalue weighted by Gasteiger charge is -2.26. The Labute approximate surface area is 287 Å². The van der Waals surface area contributed by atoms with Crippen LogP contribution in [0.2, 0.25) is 5.02 Å². The second-order valence-corrected chi connectivity index (χ2v) is 12.6. The number of carbonyl (C=O) groups excluding carboxylic acids is 1. The molecule has 3 aromatic heterocycles. The average molecular weight is 680 g/mol. The van der Waals surface area contributed by atoms with E-state index in [9.17, 15) is 4.79 Å². The first-order valence-corrected chi connectivity index (χ1v) is 17.1. The van der Waals surface area contributed by atoms with Crippen molar-refractivity contribution in [3.8, 4) is 28.4 Å². The Morgan fingerprint density at radius 1 is 0.979 bits per heavy atom. The van der Waals surface area contributed by atoms with Gasteiger partial charge in [-0.1, -0.05) is 48.0 Å². The predicted octanol–water partition coefficient (Wildman–Crippen LogP) is 7.20. The molecule has 0 unspecified atom stereocenters. The number of fused-ring (bicyclic) bond motifs is 1. The molecule has 0 atom stereocenters. The van der Waals surface area contributed by atoms with Crippen molar-refractivity contribution in [2.45, 2.75) is 12.8 Å². The first kappa shape index (κ1) is 31.8. The number of anilines is 3. The van der Waals surface area contributed by atoms with Crippen molar-refractivity contribution in [2.24, 2.45) is 0 Å². The van der Waals surface area contributed by atoms with Gasteiger partial charge in [0.2, 0.25) is 11.9 Å². The van der Waals surface area contributed by atoms with Gasteiger partial charge in [-0.25, -0.2) is 15.0 Å². The van der Waals surface area contributed by atoms with E-state index in [1.165, 1.54) is 0 Å². The molecule has 4 heterocycles. The van der Waals surface area contributed by atoms with Gasteiger partial charge in [-0.2, -0.15) is 0 Å². The molecule has 0 saturated carbocycles. The van der Waals surface area contributed by atoms with Crippen LogP contribution in [-0.2, 0) is 16.0 Å². The van der Waals surface area contributed by atoms with Crippen LogP contribution in [0.1, 0.15) is 12.0 Å². The second-order valence-electron chi connectivity index (χ2n) is 11.3. The summed E-state index contributed by atoms with van der Waals surface area (Å²) in [6.07, 6.45) is 4.84. The maximum atomic E-state index is 12.9. The number of nitrogens with one attached hydrogen (secondary N) is 2. The summed E-state index contributed by atoms with van der Waals surface area (Å²) in [5.41, 5.74) is 5.40. The fourth-order valence-corrected chi connectivity index (χ4v) is 6.56. The van der Waals surface area contributed by atoms with E-state index in [4.69, 9.17) is 31.0 Å². The number of halogens is 1. The minimum absolute atomic E-state index is 0.153. The summed E-state index contributed by atoms with van der Waals surface area (Å²) in [5, 5.41) is 8.90. The van der Waals surface area contributed by atoms with Crippen LogP contribution in [0.3, 0.4) is 0 Å². The minimum Gasteiger partial charge on any atom is -0.493 e. The number of aromatic nitrogens is 4. The van der Waals surface area contributed by atoms with Gasteiger partial charge in [0, 0.05) is 65.4 Å². The number of rotatable bonds is 12. The molecule has 1 fully saturated rings. The zero-order valence-electron chi connectivity index (χ0n) is 26.1. The fourth-order valence-electron chi connectivity index (χ4n) is 5.64. The Morgan fingerprint density at radius 2 is 1.83 bits per heavy atom. The van der Waals surface area contributed by atoms with Crippen LogP contribution in [0, 0.1) is 0 Å². The lowest BCUT2D eigenvalue weighted by molar-refractivity contribution is -0.115. The topological polar surface area (TPSA) is 106 Å². The number of morpholine rings is 1. The quantitative estimate of drug-likeness (QED) is 0.131. The van der Waals surface area contributed by atoms with Gasteiger partial charge in [-0.05, 0) is 48.4 Å². The summed E-state index contributed by atoms with van der Waals surface area (Å²) in [7, 11) is 0. The number of carbonyl (C=O) groups is 1. The molecule has 48 heavy (non-hydrogen) atoms. The van der Waals surface area contributed by atoms with E-state index in [1.807, 2.05) is 88.8 Å². The third-order valence-corrected chi connectivity index (χ3v) is 9.10. The highest BCUT2D eigenvalue weighted by Crippen LogP contribution is 2.35. The summed E-state index contributed by atoms with van der Waals surface area (Å²) in [6.45, 7) is 5.20. The number of ether oxygens (including phenoxy) is 2. The van der Waals surface area contributed by atoms with Gasteiger partial charge in [0.25, 0.3) is 0 Å². The van der Waals surface area contributed by atoms with Gasteiger partial charge in [-0.3, -0.25) is 14.1 Å². The Kier molecular flexibility index (Phi) is 9.90. The van der Waals surface area contributed by atoms with E-state index in [-0.39, 0.29) is 12.3 Å². The molecule has 3 aromatic carbocycles. The van der Waals surface area contributed by atoms with Gasteiger partial charge in [0.15, 0.2) is 4.96 Å². The Morgan fingerprint density at radius 3 is 2.73 bits per heavy atom. The van der Waals surface area contributed by atoms with Crippen molar-refractivity contribution >= 4 is 51.1 Å². The van der Waals surface area contributed by atoms with E-state index in [0.29, 0.717) is 29.0 Å². The molecular formula is C36H34ClN7O3S. The summed E-state index contributed by atoms with van der Waals surface area (Å²) in [5.74, 6) is 1.09. The third-order valence-electron chi connectivity index (χ3n) is 7.97. The van der Waals surface area contributed by atoms with Crippen molar-refractivity contribution in [3.05, 3.63) is 107 Å². The van der Waals surface area contributed by atoms with E-state index >= 15 is 0 Å². The summed E-state index contributed by atoms with van der Waals surface area (Å²) in [6, 6.07) is 24.7. The normalized spacial score (nSPS) is 13.4. The monoisotopic (exact) mass is 679 g/mol. The number of hydrogen-bond donors (Lipinski definition) is 2. The molecule has 2 N–H and O–H groups in total. The van der Waals surface area contributed by atoms with Gasteiger partial charge in [-0.15, -0.1) is 11.3 Å². The maximum Gasteiger partial charge on any atom is 0.228 e. The molecule has 1 amide bonds. The number of thiazole rings is 1. The van der Waals surface area contributed by atoms with Crippen LogP contribution in [0.5, 0.6) is 5.75 Å². The Balaban J connectivity index is 1.07. The highest BCUT2D eigenvalue weighted by atomic mass is 35.5. The molecule has 0 radical (unpaired) electrons. The zero-order valence-corrected chi connectivity index (χ0v) is 27.7. The largest absolute Gasteiger partial charge is 0.493 e. The Bertz CT molecular complexity index is 2020. The van der Waals surface area contributed by atoms with Crippen molar-refractivity contribution in [1.29, 1.82) is 0 Å². The van der Waals surface area contributed by atoms with E-state index < -0.39 is 0 Å². The molecule has 7 rings (SSSR count). The van der Waals surface area contributed by atoms with Gasteiger partial charge in [0.05, 0.1) is 37.6 Å². The summed E-state index contributed by atoms with van der Waals surface area (Å²) >= 11 is 7.82. The van der Waals surface area contributed by atoms with E-state index in [2.05, 4.69) is 20.5 Å². The van der Waals surface area contributed by atoms with Crippen LogP contribution in [0.25, 0.3) is 27.6 Å². The van der Waals surface area contributed by atoms with Crippen molar-refractivity contribution in [1.82, 2.24) is 24.3 Å². The average Bonchev–Trinajstić information content (AvgIpc) is 3.71. The van der Waals surface area contributed by atoms with E-state index in [1.54, 1.807) is 23.6 Å². The molecule has 10 nitrogen and oxygen atoms in total. The predicted molar refractivity (Wildman–Crippen MR) is 190 cm³/mol.